The predicted octanol–water partition coefficient (Wildman–Crippen LogP) is 3.20. The van der Waals surface area contributed by atoms with Crippen LogP contribution in [0, 0.1) is 0 Å². The largest absolute Gasteiger partial charge is 0.470 e. The van der Waals surface area contributed by atoms with E-state index < -0.39 is 6.23 Å². The third kappa shape index (κ3) is 3.65. The Hall–Kier alpha value is -2.92. The van der Waals surface area contributed by atoms with Crippen LogP contribution in [0.2, 0.25) is 0 Å². The van der Waals surface area contributed by atoms with Crippen molar-refractivity contribution in [1.82, 2.24) is 19.9 Å². The quantitative estimate of drug-likeness (QED) is 0.386. The lowest BCUT2D eigenvalue weighted by atomic mass is 10.3. The van der Waals surface area contributed by atoms with Crippen molar-refractivity contribution in [2.45, 2.75) is 18.8 Å². The average molecular weight is 427 g/mol. The van der Waals surface area contributed by atoms with Crippen LogP contribution in [-0.4, -0.2) is 46.0 Å². The fraction of sp³-hybridized carbons (Fsp3) is 0.300. The molecule has 4 aromatic heterocycles. The molecule has 0 aromatic carbocycles. The molecule has 156 valence electrons. The standard InChI is InChI=1S/C20H21N5O4S/c1-21-18(26)12-8-16(30-11-12)23-20-22-15-2-5-25(13-3-6-27-9-13)17(15)19(24-20)29-14-4-7-28-10-14/h2-3,5-6,8-9,11,14,18,21,26H,4,7,10H2,1H3,(H,22,23,24)/t14-,18?/m0/s1. The van der Waals surface area contributed by atoms with E-state index in [0.29, 0.717) is 25.0 Å². The highest BCUT2D eigenvalue weighted by Gasteiger charge is 2.22. The molecule has 5 heterocycles. The summed E-state index contributed by atoms with van der Waals surface area (Å²) < 4.78 is 18.8. The summed E-state index contributed by atoms with van der Waals surface area (Å²) in [5.74, 6) is 0.907. The topological polar surface area (TPSA) is 107 Å². The van der Waals surface area contributed by atoms with Gasteiger partial charge in [0.05, 0.1) is 35.7 Å². The minimum Gasteiger partial charge on any atom is -0.470 e. The fourth-order valence-electron chi connectivity index (χ4n) is 3.36. The van der Waals surface area contributed by atoms with Crippen LogP contribution >= 0.6 is 11.3 Å². The summed E-state index contributed by atoms with van der Waals surface area (Å²) in [4.78, 5) is 9.31. The number of anilines is 2. The number of ether oxygens (including phenoxy) is 2. The van der Waals surface area contributed by atoms with Crippen LogP contribution < -0.4 is 15.4 Å². The van der Waals surface area contributed by atoms with Crippen molar-refractivity contribution in [1.29, 1.82) is 0 Å². The second-order valence-corrected chi connectivity index (χ2v) is 7.83. The molecule has 4 aromatic rings. The maximum atomic E-state index is 9.94. The highest BCUT2D eigenvalue weighted by Crippen LogP contribution is 2.32. The van der Waals surface area contributed by atoms with Gasteiger partial charge in [0, 0.05) is 29.6 Å². The normalized spacial score (nSPS) is 17.5. The number of hydrogen-bond donors (Lipinski definition) is 3. The van der Waals surface area contributed by atoms with Gasteiger partial charge in [0.25, 0.3) is 0 Å². The molecule has 5 rings (SSSR count). The van der Waals surface area contributed by atoms with Gasteiger partial charge in [0.2, 0.25) is 11.8 Å². The van der Waals surface area contributed by atoms with E-state index in [1.54, 1.807) is 19.6 Å². The van der Waals surface area contributed by atoms with Crippen LogP contribution in [0.3, 0.4) is 0 Å². The molecule has 1 fully saturated rings. The molecule has 2 atom stereocenters. The van der Waals surface area contributed by atoms with Crippen molar-refractivity contribution in [3.05, 3.63) is 47.9 Å². The molecule has 1 saturated heterocycles. The average Bonchev–Trinajstić information content (AvgIpc) is 3.53. The molecule has 1 unspecified atom stereocenters. The molecule has 1 aliphatic heterocycles. The van der Waals surface area contributed by atoms with Crippen LogP contribution in [0.5, 0.6) is 5.88 Å². The van der Waals surface area contributed by atoms with Gasteiger partial charge in [-0.2, -0.15) is 4.98 Å². The van der Waals surface area contributed by atoms with Crippen molar-refractivity contribution in [2.75, 3.05) is 25.6 Å². The number of rotatable bonds is 7. The third-order valence-corrected chi connectivity index (χ3v) is 5.76. The monoisotopic (exact) mass is 427 g/mol. The van der Waals surface area contributed by atoms with E-state index in [0.717, 1.165) is 33.7 Å². The number of furan rings is 1. The van der Waals surface area contributed by atoms with E-state index >= 15 is 0 Å². The van der Waals surface area contributed by atoms with E-state index in [9.17, 15) is 5.11 Å². The highest BCUT2D eigenvalue weighted by molar-refractivity contribution is 7.14. The molecule has 0 amide bonds. The van der Waals surface area contributed by atoms with Crippen molar-refractivity contribution < 1.29 is 19.0 Å². The summed E-state index contributed by atoms with van der Waals surface area (Å²) in [6, 6.07) is 5.65. The Morgan fingerprint density at radius 1 is 1.37 bits per heavy atom. The molecule has 0 bridgehead atoms. The van der Waals surface area contributed by atoms with Gasteiger partial charge in [0.15, 0.2) is 0 Å². The van der Waals surface area contributed by atoms with E-state index in [-0.39, 0.29) is 6.10 Å². The second kappa shape index (κ2) is 8.07. The van der Waals surface area contributed by atoms with Gasteiger partial charge in [-0.1, -0.05) is 0 Å². The maximum absolute atomic E-state index is 9.94. The maximum Gasteiger partial charge on any atom is 0.244 e. The Morgan fingerprint density at radius 2 is 2.30 bits per heavy atom. The lowest BCUT2D eigenvalue weighted by Crippen LogP contribution is -2.17. The Kier molecular flexibility index (Phi) is 5.13. The van der Waals surface area contributed by atoms with Crippen molar-refractivity contribution in [3.8, 4) is 11.6 Å². The zero-order valence-corrected chi connectivity index (χ0v) is 17.1. The van der Waals surface area contributed by atoms with Crippen LogP contribution in [0.15, 0.2) is 46.7 Å². The number of nitrogens with zero attached hydrogens (tertiary/aromatic N) is 3. The predicted molar refractivity (Wildman–Crippen MR) is 113 cm³/mol. The van der Waals surface area contributed by atoms with Gasteiger partial charge in [0.1, 0.15) is 24.1 Å². The first kappa shape index (κ1) is 19.1. The van der Waals surface area contributed by atoms with E-state index in [1.807, 2.05) is 34.3 Å². The fourth-order valence-corrected chi connectivity index (χ4v) is 4.18. The van der Waals surface area contributed by atoms with Crippen molar-refractivity contribution >= 4 is 33.3 Å². The van der Waals surface area contributed by atoms with Crippen molar-refractivity contribution in [2.24, 2.45) is 0 Å². The van der Waals surface area contributed by atoms with Crippen LogP contribution in [-0.2, 0) is 4.74 Å². The summed E-state index contributed by atoms with van der Waals surface area (Å²) in [6.07, 6.45) is 5.24. The van der Waals surface area contributed by atoms with E-state index in [4.69, 9.17) is 13.9 Å². The number of nitrogens with one attached hydrogen (secondary N) is 2. The molecule has 30 heavy (non-hydrogen) atoms. The van der Waals surface area contributed by atoms with Gasteiger partial charge >= 0.3 is 0 Å². The zero-order chi connectivity index (χ0) is 20.5. The molecule has 0 spiro atoms. The molecule has 10 heteroatoms. The van der Waals surface area contributed by atoms with Gasteiger partial charge in [-0.3, -0.25) is 5.32 Å². The van der Waals surface area contributed by atoms with E-state index in [1.165, 1.54) is 11.3 Å². The molecule has 9 nitrogen and oxygen atoms in total. The summed E-state index contributed by atoms with van der Waals surface area (Å²) in [5.41, 5.74) is 3.16. The highest BCUT2D eigenvalue weighted by atomic mass is 32.1. The summed E-state index contributed by atoms with van der Waals surface area (Å²) in [7, 11) is 1.70. The number of fused-ring (bicyclic) bond motifs is 1. The first-order valence-corrected chi connectivity index (χ1v) is 10.5. The SMILES string of the molecule is CNC(O)c1csc(Nc2nc(O[C@H]3CCOC3)c3c(ccn3-c3ccoc3)n2)c1. The Balaban J connectivity index is 1.52. The van der Waals surface area contributed by atoms with Gasteiger partial charge < -0.3 is 28.9 Å². The Labute approximate surface area is 176 Å². The zero-order valence-electron chi connectivity index (χ0n) is 16.2. The molecule has 0 radical (unpaired) electrons. The van der Waals surface area contributed by atoms with Crippen LogP contribution in [0.25, 0.3) is 16.7 Å². The van der Waals surface area contributed by atoms with E-state index in [2.05, 4.69) is 20.6 Å². The number of aliphatic hydroxyl groups excluding tert-OH is 1. The minimum atomic E-state index is -0.717. The number of aliphatic hydroxyl groups is 1. The van der Waals surface area contributed by atoms with Gasteiger partial charge in [-0.15, -0.1) is 11.3 Å². The number of aromatic nitrogens is 3. The molecule has 0 aliphatic carbocycles. The molecule has 0 saturated carbocycles. The Bertz CT molecular complexity index is 1130. The second-order valence-electron chi connectivity index (χ2n) is 6.92. The van der Waals surface area contributed by atoms with Crippen molar-refractivity contribution in [3.63, 3.8) is 0 Å². The molecule has 1 aliphatic rings. The lowest BCUT2D eigenvalue weighted by molar-refractivity contribution is 0.139. The first-order chi connectivity index (χ1) is 14.7. The first-order valence-electron chi connectivity index (χ1n) is 9.58. The number of thiophene rings is 1. The summed E-state index contributed by atoms with van der Waals surface area (Å²) in [6.45, 7) is 1.22. The number of hydrogen-bond acceptors (Lipinski definition) is 9. The molecular formula is C20H21N5O4S. The lowest BCUT2D eigenvalue weighted by Gasteiger charge is -2.14. The third-order valence-electron chi connectivity index (χ3n) is 4.90. The molecular weight excluding hydrogens is 406 g/mol. The summed E-state index contributed by atoms with van der Waals surface area (Å²) >= 11 is 1.47. The van der Waals surface area contributed by atoms with Crippen LogP contribution in [0.1, 0.15) is 18.2 Å². The smallest absolute Gasteiger partial charge is 0.244 e. The minimum absolute atomic E-state index is 0.0530. The Morgan fingerprint density at radius 3 is 3.07 bits per heavy atom. The van der Waals surface area contributed by atoms with Crippen LogP contribution in [0.4, 0.5) is 10.9 Å². The van der Waals surface area contributed by atoms with Gasteiger partial charge in [-0.25, -0.2) is 4.98 Å². The van der Waals surface area contributed by atoms with Gasteiger partial charge in [-0.05, 0) is 19.2 Å². The summed E-state index contributed by atoms with van der Waals surface area (Å²) in [5, 5.41) is 18.7. The molecule has 3 N–H and O–H groups in total.